The third-order valence-corrected chi connectivity index (χ3v) is 4.38. The molecule has 1 aromatic heterocycles. The predicted molar refractivity (Wildman–Crippen MR) is 103 cm³/mol. The van der Waals surface area contributed by atoms with E-state index in [0.717, 1.165) is 11.1 Å². The van der Waals surface area contributed by atoms with Crippen molar-refractivity contribution in [2.45, 2.75) is 12.8 Å². The standard InChI is InChI=1S/C22H16F2N2O2/c1-14-6-10-16(11-7-14)22(23,24)21(27)25-17-12-8-15(9-13-17)20-26-18-4-2-3-5-19(18)28-20/h2-13H,1H3,(H,25,27). The number of alkyl halides is 2. The van der Waals surface area contributed by atoms with Crippen molar-refractivity contribution < 1.29 is 18.0 Å². The van der Waals surface area contributed by atoms with Crippen LogP contribution in [0.4, 0.5) is 14.5 Å². The zero-order valence-electron chi connectivity index (χ0n) is 14.9. The van der Waals surface area contributed by atoms with Gasteiger partial charge in [-0.2, -0.15) is 8.78 Å². The SMILES string of the molecule is Cc1ccc(C(F)(F)C(=O)Nc2ccc(-c3nc4ccccc4o3)cc2)cc1. The van der Waals surface area contributed by atoms with E-state index in [9.17, 15) is 13.6 Å². The largest absolute Gasteiger partial charge is 0.436 e. The van der Waals surface area contributed by atoms with E-state index in [1.165, 1.54) is 24.3 Å². The number of benzene rings is 3. The van der Waals surface area contributed by atoms with Crippen LogP contribution in [-0.4, -0.2) is 10.9 Å². The molecule has 0 saturated carbocycles. The summed E-state index contributed by atoms with van der Waals surface area (Å²) in [5.41, 5.74) is 2.82. The first-order valence-electron chi connectivity index (χ1n) is 8.66. The van der Waals surface area contributed by atoms with Gasteiger partial charge in [0.2, 0.25) is 5.89 Å². The summed E-state index contributed by atoms with van der Waals surface area (Å²) in [6.07, 6.45) is 0. The van der Waals surface area contributed by atoms with E-state index in [2.05, 4.69) is 10.3 Å². The van der Waals surface area contributed by atoms with E-state index in [1.54, 1.807) is 31.2 Å². The Morgan fingerprint density at radius 3 is 2.32 bits per heavy atom. The molecule has 1 amide bonds. The van der Waals surface area contributed by atoms with Crippen LogP contribution < -0.4 is 5.32 Å². The summed E-state index contributed by atoms with van der Waals surface area (Å²) < 4.78 is 34.5. The molecule has 0 aliphatic heterocycles. The molecule has 3 aromatic carbocycles. The van der Waals surface area contributed by atoms with Crippen molar-refractivity contribution in [1.29, 1.82) is 0 Å². The Labute approximate surface area is 159 Å². The highest BCUT2D eigenvalue weighted by Gasteiger charge is 2.40. The highest BCUT2D eigenvalue weighted by molar-refractivity contribution is 5.96. The summed E-state index contributed by atoms with van der Waals surface area (Å²) in [4.78, 5) is 16.5. The molecule has 0 unspecified atom stereocenters. The molecule has 4 nitrogen and oxygen atoms in total. The number of carbonyl (C=O) groups excluding carboxylic acids is 1. The quantitative estimate of drug-likeness (QED) is 0.508. The molecule has 4 rings (SSSR count). The number of para-hydroxylation sites is 2. The number of fused-ring (bicyclic) bond motifs is 1. The number of oxazole rings is 1. The van der Waals surface area contributed by atoms with Crippen molar-refractivity contribution in [3.8, 4) is 11.5 Å². The van der Waals surface area contributed by atoms with Gasteiger partial charge >= 0.3 is 5.92 Å². The van der Waals surface area contributed by atoms with E-state index in [0.29, 0.717) is 17.0 Å². The number of halogens is 2. The Morgan fingerprint density at radius 2 is 1.64 bits per heavy atom. The molecule has 140 valence electrons. The molecule has 0 saturated heterocycles. The second kappa shape index (κ2) is 6.88. The van der Waals surface area contributed by atoms with Gasteiger partial charge < -0.3 is 9.73 Å². The molecule has 4 aromatic rings. The molecule has 0 aliphatic carbocycles. The van der Waals surface area contributed by atoms with Gasteiger partial charge in [-0.15, -0.1) is 0 Å². The first-order chi connectivity index (χ1) is 13.4. The van der Waals surface area contributed by atoms with Crippen molar-refractivity contribution in [2.75, 3.05) is 5.32 Å². The first kappa shape index (κ1) is 17.9. The molecule has 0 atom stereocenters. The molecule has 0 radical (unpaired) electrons. The topological polar surface area (TPSA) is 55.1 Å². The van der Waals surface area contributed by atoms with Crippen molar-refractivity contribution in [2.24, 2.45) is 0 Å². The fraction of sp³-hybridized carbons (Fsp3) is 0.0909. The molecule has 6 heteroatoms. The van der Waals surface area contributed by atoms with Crippen LogP contribution in [0.25, 0.3) is 22.6 Å². The van der Waals surface area contributed by atoms with Gasteiger partial charge in [0, 0.05) is 16.8 Å². The zero-order chi connectivity index (χ0) is 19.7. The van der Waals surface area contributed by atoms with Crippen LogP contribution in [0.5, 0.6) is 0 Å². The van der Waals surface area contributed by atoms with Crippen LogP contribution in [0.1, 0.15) is 11.1 Å². The van der Waals surface area contributed by atoms with Gasteiger partial charge in [-0.25, -0.2) is 4.98 Å². The third kappa shape index (κ3) is 3.36. The number of hydrogen-bond donors (Lipinski definition) is 1. The summed E-state index contributed by atoms with van der Waals surface area (Å²) in [6, 6.07) is 19.4. The number of hydrogen-bond acceptors (Lipinski definition) is 3. The summed E-state index contributed by atoms with van der Waals surface area (Å²) in [7, 11) is 0. The summed E-state index contributed by atoms with van der Waals surface area (Å²) >= 11 is 0. The number of amides is 1. The number of nitrogens with one attached hydrogen (secondary N) is 1. The normalized spacial score (nSPS) is 11.5. The zero-order valence-corrected chi connectivity index (χ0v) is 14.9. The lowest BCUT2D eigenvalue weighted by molar-refractivity contribution is -0.140. The van der Waals surface area contributed by atoms with Crippen molar-refractivity contribution >= 4 is 22.7 Å². The molecule has 0 aliphatic rings. The van der Waals surface area contributed by atoms with E-state index in [-0.39, 0.29) is 11.3 Å². The van der Waals surface area contributed by atoms with Crippen LogP contribution in [-0.2, 0) is 10.7 Å². The molecular formula is C22H16F2N2O2. The number of aryl methyl sites for hydroxylation is 1. The van der Waals surface area contributed by atoms with Gasteiger partial charge in [-0.3, -0.25) is 4.79 Å². The Kier molecular flexibility index (Phi) is 4.39. The number of aromatic nitrogens is 1. The summed E-state index contributed by atoms with van der Waals surface area (Å²) in [5, 5.41) is 2.26. The van der Waals surface area contributed by atoms with E-state index < -0.39 is 11.8 Å². The van der Waals surface area contributed by atoms with Crippen LogP contribution in [0.3, 0.4) is 0 Å². The number of nitrogens with zero attached hydrogens (tertiary/aromatic N) is 1. The molecule has 1 N–H and O–H groups in total. The second-order valence-corrected chi connectivity index (χ2v) is 6.46. The lowest BCUT2D eigenvalue weighted by Crippen LogP contribution is -2.32. The van der Waals surface area contributed by atoms with Gasteiger partial charge in [0.25, 0.3) is 5.91 Å². The Hall–Kier alpha value is -3.54. The number of rotatable bonds is 4. The molecule has 0 spiro atoms. The van der Waals surface area contributed by atoms with E-state index in [1.807, 2.05) is 24.3 Å². The molecule has 28 heavy (non-hydrogen) atoms. The third-order valence-electron chi connectivity index (χ3n) is 4.38. The minimum absolute atomic E-state index is 0.261. The smallest absolute Gasteiger partial charge is 0.350 e. The maximum atomic E-state index is 14.4. The lowest BCUT2D eigenvalue weighted by Gasteiger charge is -2.16. The fourth-order valence-corrected chi connectivity index (χ4v) is 2.80. The molecule has 0 bridgehead atoms. The summed E-state index contributed by atoms with van der Waals surface area (Å²) in [6.45, 7) is 1.79. The fourth-order valence-electron chi connectivity index (χ4n) is 2.80. The van der Waals surface area contributed by atoms with Crippen molar-refractivity contribution in [3.05, 3.63) is 83.9 Å². The minimum Gasteiger partial charge on any atom is -0.436 e. The highest BCUT2D eigenvalue weighted by atomic mass is 19.3. The molecule has 0 fully saturated rings. The minimum atomic E-state index is -3.63. The Morgan fingerprint density at radius 1 is 0.964 bits per heavy atom. The van der Waals surface area contributed by atoms with Crippen molar-refractivity contribution in [3.63, 3.8) is 0 Å². The highest BCUT2D eigenvalue weighted by Crippen LogP contribution is 2.30. The average Bonchev–Trinajstić information content (AvgIpc) is 3.13. The van der Waals surface area contributed by atoms with Gasteiger partial charge in [0.1, 0.15) is 5.52 Å². The van der Waals surface area contributed by atoms with Crippen molar-refractivity contribution in [1.82, 2.24) is 4.98 Å². The number of carbonyl (C=O) groups is 1. The summed E-state index contributed by atoms with van der Waals surface area (Å²) in [5.74, 6) is -4.60. The van der Waals surface area contributed by atoms with E-state index >= 15 is 0 Å². The van der Waals surface area contributed by atoms with Gasteiger partial charge in [-0.1, -0.05) is 42.0 Å². The Bertz CT molecular complexity index is 1100. The van der Waals surface area contributed by atoms with Gasteiger partial charge in [-0.05, 0) is 43.3 Å². The average molecular weight is 378 g/mol. The lowest BCUT2D eigenvalue weighted by atomic mass is 10.1. The maximum absolute atomic E-state index is 14.4. The van der Waals surface area contributed by atoms with Crippen LogP contribution in [0.15, 0.2) is 77.2 Å². The molecule has 1 heterocycles. The van der Waals surface area contributed by atoms with Crippen LogP contribution in [0.2, 0.25) is 0 Å². The van der Waals surface area contributed by atoms with Gasteiger partial charge in [0.15, 0.2) is 5.58 Å². The van der Waals surface area contributed by atoms with Gasteiger partial charge in [0.05, 0.1) is 0 Å². The first-order valence-corrected chi connectivity index (χ1v) is 8.66. The van der Waals surface area contributed by atoms with Crippen LogP contribution in [0, 0.1) is 6.92 Å². The monoisotopic (exact) mass is 378 g/mol. The Balaban J connectivity index is 1.52. The maximum Gasteiger partial charge on any atom is 0.350 e. The van der Waals surface area contributed by atoms with Crippen LogP contribution >= 0.6 is 0 Å². The second-order valence-electron chi connectivity index (χ2n) is 6.46. The molecular weight excluding hydrogens is 362 g/mol. The number of anilines is 1. The predicted octanol–water partition coefficient (Wildman–Crippen LogP) is 5.53. The van der Waals surface area contributed by atoms with E-state index in [4.69, 9.17) is 4.42 Å².